The second kappa shape index (κ2) is 4.56. The van der Waals surface area contributed by atoms with Crippen LogP contribution in [0.15, 0.2) is 18.3 Å². The van der Waals surface area contributed by atoms with Crippen LogP contribution >= 0.6 is 0 Å². The molecule has 0 saturated heterocycles. The molecular formula is C18H26N2. The van der Waals surface area contributed by atoms with Crippen molar-refractivity contribution in [2.75, 3.05) is 7.05 Å². The van der Waals surface area contributed by atoms with Gasteiger partial charge in [0.05, 0.1) is 0 Å². The van der Waals surface area contributed by atoms with E-state index in [0.717, 1.165) is 23.4 Å². The van der Waals surface area contributed by atoms with E-state index >= 15 is 0 Å². The Balaban J connectivity index is 1.68. The minimum atomic E-state index is 0.504. The summed E-state index contributed by atoms with van der Waals surface area (Å²) >= 11 is 0. The average Bonchev–Trinajstić information content (AvgIpc) is 2.40. The SMILES string of the molecule is CNC(c1ccc(C)nc1)C12CC3CC(CC(C3)C1)C2. The number of nitrogens with one attached hydrogen (secondary N) is 1. The highest BCUT2D eigenvalue weighted by molar-refractivity contribution is 5.22. The Morgan fingerprint density at radius 3 is 2.15 bits per heavy atom. The number of hydrogen-bond acceptors (Lipinski definition) is 2. The predicted octanol–water partition coefficient (Wildman–Crippen LogP) is 3.87. The molecule has 1 unspecified atom stereocenters. The Labute approximate surface area is 122 Å². The first-order valence-electron chi connectivity index (χ1n) is 8.28. The molecule has 4 aliphatic rings. The van der Waals surface area contributed by atoms with Gasteiger partial charge in [0, 0.05) is 17.9 Å². The molecule has 2 nitrogen and oxygen atoms in total. The molecule has 20 heavy (non-hydrogen) atoms. The van der Waals surface area contributed by atoms with Gasteiger partial charge in [0.1, 0.15) is 0 Å². The Morgan fingerprint density at radius 2 is 1.70 bits per heavy atom. The van der Waals surface area contributed by atoms with Gasteiger partial charge in [0.2, 0.25) is 0 Å². The molecule has 0 aromatic carbocycles. The van der Waals surface area contributed by atoms with E-state index in [-0.39, 0.29) is 0 Å². The summed E-state index contributed by atoms with van der Waals surface area (Å²) in [5.74, 6) is 3.03. The van der Waals surface area contributed by atoms with Crippen LogP contribution in [0.4, 0.5) is 0 Å². The molecule has 0 radical (unpaired) electrons. The third-order valence-electron chi connectivity index (χ3n) is 6.25. The molecule has 1 heterocycles. The van der Waals surface area contributed by atoms with E-state index in [2.05, 4.69) is 42.6 Å². The van der Waals surface area contributed by atoms with Gasteiger partial charge in [0.25, 0.3) is 0 Å². The van der Waals surface area contributed by atoms with Crippen LogP contribution in [0.1, 0.15) is 55.8 Å². The monoisotopic (exact) mass is 270 g/mol. The maximum Gasteiger partial charge on any atom is 0.0390 e. The van der Waals surface area contributed by atoms with Crippen LogP contribution in [-0.4, -0.2) is 12.0 Å². The third kappa shape index (κ3) is 1.92. The first-order chi connectivity index (χ1) is 9.68. The van der Waals surface area contributed by atoms with E-state index in [0.29, 0.717) is 11.5 Å². The lowest BCUT2D eigenvalue weighted by Crippen LogP contribution is -2.51. The van der Waals surface area contributed by atoms with Gasteiger partial charge in [-0.1, -0.05) is 6.07 Å². The molecule has 1 N–H and O–H groups in total. The molecule has 1 aromatic rings. The van der Waals surface area contributed by atoms with E-state index in [9.17, 15) is 0 Å². The maximum absolute atomic E-state index is 4.54. The highest BCUT2D eigenvalue weighted by Gasteiger charge is 2.54. The molecule has 1 atom stereocenters. The van der Waals surface area contributed by atoms with Crippen molar-refractivity contribution >= 4 is 0 Å². The van der Waals surface area contributed by atoms with Crippen molar-refractivity contribution < 1.29 is 0 Å². The van der Waals surface area contributed by atoms with Gasteiger partial charge >= 0.3 is 0 Å². The van der Waals surface area contributed by atoms with Crippen molar-refractivity contribution in [2.45, 2.75) is 51.5 Å². The van der Waals surface area contributed by atoms with Crippen LogP contribution in [0, 0.1) is 30.1 Å². The van der Waals surface area contributed by atoms with Gasteiger partial charge in [0.15, 0.2) is 0 Å². The summed E-state index contributed by atoms with van der Waals surface area (Å²) in [4.78, 5) is 4.54. The summed E-state index contributed by atoms with van der Waals surface area (Å²) in [6.07, 6.45) is 11.0. The summed E-state index contributed by atoms with van der Waals surface area (Å²) in [7, 11) is 2.14. The molecule has 0 amide bonds. The summed E-state index contributed by atoms with van der Waals surface area (Å²) in [6, 6.07) is 4.96. The number of nitrogens with zero attached hydrogens (tertiary/aromatic N) is 1. The topological polar surface area (TPSA) is 24.9 Å². The van der Waals surface area contributed by atoms with Crippen LogP contribution in [0.5, 0.6) is 0 Å². The second-order valence-electron chi connectivity index (χ2n) is 7.73. The Bertz CT molecular complexity index is 455. The van der Waals surface area contributed by atoms with Crippen molar-refractivity contribution in [3.63, 3.8) is 0 Å². The fraction of sp³-hybridized carbons (Fsp3) is 0.722. The third-order valence-corrected chi connectivity index (χ3v) is 6.25. The number of aromatic nitrogens is 1. The fourth-order valence-electron chi connectivity index (χ4n) is 6.01. The molecule has 0 aliphatic heterocycles. The zero-order chi connectivity index (χ0) is 13.7. The summed E-state index contributed by atoms with van der Waals surface area (Å²) in [5, 5.41) is 3.65. The van der Waals surface area contributed by atoms with Crippen molar-refractivity contribution in [2.24, 2.45) is 23.2 Å². The molecule has 0 spiro atoms. The zero-order valence-electron chi connectivity index (χ0n) is 12.7. The molecule has 108 valence electrons. The Hall–Kier alpha value is -0.890. The molecular weight excluding hydrogens is 244 g/mol. The molecule has 4 bridgehead atoms. The van der Waals surface area contributed by atoms with Crippen LogP contribution in [0.2, 0.25) is 0 Å². The zero-order valence-corrected chi connectivity index (χ0v) is 12.7. The van der Waals surface area contributed by atoms with Crippen molar-refractivity contribution in [3.8, 4) is 0 Å². The van der Waals surface area contributed by atoms with Gasteiger partial charge in [-0.2, -0.15) is 0 Å². The van der Waals surface area contributed by atoms with Crippen LogP contribution in [0.3, 0.4) is 0 Å². The Morgan fingerprint density at radius 1 is 1.10 bits per heavy atom. The predicted molar refractivity (Wildman–Crippen MR) is 81.4 cm³/mol. The van der Waals surface area contributed by atoms with Crippen molar-refractivity contribution in [1.82, 2.24) is 10.3 Å². The molecule has 5 rings (SSSR count). The van der Waals surface area contributed by atoms with Gasteiger partial charge in [-0.25, -0.2) is 0 Å². The van der Waals surface area contributed by atoms with Crippen molar-refractivity contribution in [1.29, 1.82) is 0 Å². The minimum absolute atomic E-state index is 0.504. The molecule has 4 aliphatic carbocycles. The van der Waals surface area contributed by atoms with Gasteiger partial charge in [-0.15, -0.1) is 0 Å². The summed E-state index contributed by atoms with van der Waals surface area (Å²) in [5.41, 5.74) is 3.04. The lowest BCUT2D eigenvalue weighted by molar-refractivity contribution is -0.0736. The van der Waals surface area contributed by atoms with E-state index in [1.807, 2.05) is 0 Å². The normalized spacial score (nSPS) is 40.0. The number of hydrogen-bond donors (Lipinski definition) is 1. The Kier molecular flexibility index (Phi) is 2.92. The van der Waals surface area contributed by atoms with Gasteiger partial charge in [-0.3, -0.25) is 4.98 Å². The maximum atomic E-state index is 4.54. The minimum Gasteiger partial charge on any atom is -0.312 e. The molecule has 2 heteroatoms. The van der Waals surface area contributed by atoms with Crippen LogP contribution in [-0.2, 0) is 0 Å². The average molecular weight is 270 g/mol. The van der Waals surface area contributed by atoms with Crippen LogP contribution < -0.4 is 5.32 Å². The smallest absolute Gasteiger partial charge is 0.0390 e. The summed E-state index contributed by atoms with van der Waals surface area (Å²) < 4.78 is 0. The van der Waals surface area contributed by atoms with E-state index in [1.165, 1.54) is 44.1 Å². The van der Waals surface area contributed by atoms with Crippen LogP contribution in [0.25, 0.3) is 0 Å². The largest absolute Gasteiger partial charge is 0.312 e. The first kappa shape index (κ1) is 12.8. The molecule has 4 saturated carbocycles. The molecule has 1 aromatic heterocycles. The quantitative estimate of drug-likeness (QED) is 0.902. The fourth-order valence-corrected chi connectivity index (χ4v) is 6.01. The number of rotatable bonds is 3. The lowest BCUT2D eigenvalue weighted by atomic mass is 9.47. The highest BCUT2D eigenvalue weighted by atomic mass is 14.9. The summed E-state index contributed by atoms with van der Waals surface area (Å²) in [6.45, 7) is 2.07. The number of aryl methyl sites for hydroxylation is 1. The van der Waals surface area contributed by atoms with E-state index in [1.54, 1.807) is 0 Å². The van der Waals surface area contributed by atoms with Crippen molar-refractivity contribution in [3.05, 3.63) is 29.6 Å². The first-order valence-corrected chi connectivity index (χ1v) is 8.28. The van der Waals surface area contributed by atoms with Gasteiger partial charge < -0.3 is 5.32 Å². The van der Waals surface area contributed by atoms with Gasteiger partial charge in [-0.05, 0) is 87.3 Å². The highest BCUT2D eigenvalue weighted by Crippen LogP contribution is 2.63. The number of pyridine rings is 1. The van der Waals surface area contributed by atoms with E-state index < -0.39 is 0 Å². The lowest BCUT2D eigenvalue weighted by Gasteiger charge is -2.59. The molecule has 4 fully saturated rings. The standard InChI is InChI=1S/C18H26N2/c1-12-3-4-16(11-20-12)17(19-2)18-8-13-5-14(9-18)7-15(6-13)10-18/h3-4,11,13-15,17,19H,5-10H2,1-2H3. The van der Waals surface area contributed by atoms with E-state index in [4.69, 9.17) is 0 Å². The second-order valence-corrected chi connectivity index (χ2v) is 7.73.